The zero-order chi connectivity index (χ0) is 17.2. The van der Waals surface area contributed by atoms with Gasteiger partial charge in [-0.25, -0.2) is 0 Å². The predicted molar refractivity (Wildman–Crippen MR) is 99.6 cm³/mol. The average Bonchev–Trinajstić information content (AvgIpc) is 2.90. The van der Waals surface area contributed by atoms with Crippen molar-refractivity contribution in [2.24, 2.45) is 10.7 Å². The summed E-state index contributed by atoms with van der Waals surface area (Å²) in [5.41, 5.74) is 9.79. The highest BCUT2D eigenvalue weighted by molar-refractivity contribution is 5.90. The number of carbonyl (C=O) groups excluding carboxylic acids is 1. The summed E-state index contributed by atoms with van der Waals surface area (Å²) in [6, 6.07) is 7.23. The summed E-state index contributed by atoms with van der Waals surface area (Å²) in [5, 5.41) is 3.02. The third kappa shape index (κ3) is 3.71. The molecule has 1 fully saturated rings. The van der Waals surface area contributed by atoms with Crippen molar-refractivity contribution in [2.45, 2.75) is 63.6 Å². The zero-order valence-electron chi connectivity index (χ0n) is 14.8. The number of fused-ring (bicyclic) bond motifs is 1. The summed E-state index contributed by atoms with van der Waals surface area (Å²) in [6.07, 6.45) is 7.89. The van der Waals surface area contributed by atoms with Gasteiger partial charge < -0.3 is 11.1 Å². The van der Waals surface area contributed by atoms with Gasteiger partial charge in [-0.1, -0.05) is 24.6 Å². The summed E-state index contributed by atoms with van der Waals surface area (Å²) >= 11 is 0. The first-order chi connectivity index (χ1) is 12.2. The molecule has 3 aliphatic rings. The van der Waals surface area contributed by atoms with Gasteiger partial charge in [0.05, 0.1) is 5.84 Å². The number of aliphatic imine (C=N–C) groups is 1. The summed E-state index contributed by atoms with van der Waals surface area (Å²) in [4.78, 5) is 19.1. The van der Waals surface area contributed by atoms with Crippen molar-refractivity contribution >= 4 is 11.7 Å². The van der Waals surface area contributed by atoms with Crippen LogP contribution in [0.15, 0.2) is 23.2 Å². The van der Waals surface area contributed by atoms with Crippen LogP contribution < -0.4 is 11.1 Å². The zero-order valence-corrected chi connectivity index (χ0v) is 14.8. The molecule has 1 aromatic carbocycles. The molecule has 2 heterocycles. The van der Waals surface area contributed by atoms with E-state index in [0.29, 0.717) is 12.4 Å². The second-order valence-corrected chi connectivity index (χ2v) is 7.62. The molecule has 0 radical (unpaired) electrons. The number of amidine groups is 1. The lowest BCUT2D eigenvalue weighted by Gasteiger charge is -2.36. The Hall–Kier alpha value is -1.88. The van der Waals surface area contributed by atoms with Crippen molar-refractivity contribution in [3.63, 3.8) is 0 Å². The van der Waals surface area contributed by atoms with E-state index in [4.69, 9.17) is 5.73 Å². The van der Waals surface area contributed by atoms with E-state index in [1.54, 1.807) is 0 Å². The van der Waals surface area contributed by atoms with Crippen LogP contribution in [0.25, 0.3) is 0 Å². The third-order valence-electron chi connectivity index (χ3n) is 5.96. The minimum absolute atomic E-state index is 0.00782. The largest absolute Gasteiger partial charge is 0.387 e. The maximum Gasteiger partial charge on any atom is 0.245 e. The van der Waals surface area contributed by atoms with Crippen LogP contribution in [0.2, 0.25) is 0 Å². The van der Waals surface area contributed by atoms with Crippen LogP contribution in [0.3, 0.4) is 0 Å². The first-order valence-corrected chi connectivity index (χ1v) is 9.63. The van der Waals surface area contributed by atoms with Gasteiger partial charge in [0.15, 0.2) is 0 Å². The molecule has 5 heteroatoms. The molecule has 1 unspecified atom stereocenters. The lowest BCUT2D eigenvalue weighted by Crippen LogP contribution is -2.41. The van der Waals surface area contributed by atoms with Gasteiger partial charge in [0, 0.05) is 32.1 Å². The first-order valence-electron chi connectivity index (χ1n) is 9.63. The minimum Gasteiger partial charge on any atom is -0.387 e. The van der Waals surface area contributed by atoms with E-state index in [2.05, 4.69) is 33.4 Å². The predicted octanol–water partition coefficient (Wildman–Crippen LogP) is 1.78. The van der Waals surface area contributed by atoms with Gasteiger partial charge in [-0.2, -0.15) is 0 Å². The van der Waals surface area contributed by atoms with Gasteiger partial charge in [0.25, 0.3) is 0 Å². The number of nitrogens with zero attached hydrogens (tertiary/aromatic N) is 2. The van der Waals surface area contributed by atoms with Gasteiger partial charge in [-0.3, -0.25) is 14.7 Å². The van der Waals surface area contributed by atoms with E-state index in [9.17, 15) is 4.79 Å². The molecule has 1 saturated carbocycles. The third-order valence-corrected chi connectivity index (χ3v) is 5.96. The molecule has 1 atom stereocenters. The summed E-state index contributed by atoms with van der Waals surface area (Å²) in [6.45, 7) is 2.93. The van der Waals surface area contributed by atoms with E-state index in [-0.39, 0.29) is 11.9 Å². The molecular formula is C20H28N4O. The summed E-state index contributed by atoms with van der Waals surface area (Å²) in [7, 11) is 0. The highest BCUT2D eigenvalue weighted by Crippen LogP contribution is 2.27. The standard InChI is InChI=1S/C20H28N4O/c21-19-7-6-18(23-19)20(25)22-13-14-4-5-15-8-10-24(17-2-1-3-17)11-9-16(15)12-14/h4-5,12,17-18H,1-3,6-11,13H2,(H2,21,23)(H,22,25). The van der Waals surface area contributed by atoms with Crippen LogP contribution in [-0.4, -0.2) is 41.8 Å². The smallest absolute Gasteiger partial charge is 0.245 e. The van der Waals surface area contributed by atoms with E-state index in [1.165, 1.54) is 49.0 Å². The number of hydrogen-bond donors (Lipinski definition) is 2. The van der Waals surface area contributed by atoms with Gasteiger partial charge in [-0.05, 0) is 48.8 Å². The lowest BCUT2D eigenvalue weighted by atomic mass is 9.91. The van der Waals surface area contributed by atoms with Crippen molar-refractivity contribution in [3.8, 4) is 0 Å². The number of amides is 1. The lowest BCUT2D eigenvalue weighted by molar-refractivity contribution is -0.122. The monoisotopic (exact) mass is 340 g/mol. The average molecular weight is 340 g/mol. The fraction of sp³-hybridized carbons (Fsp3) is 0.600. The molecule has 0 bridgehead atoms. The fourth-order valence-electron chi connectivity index (χ4n) is 4.13. The maximum absolute atomic E-state index is 12.2. The number of rotatable bonds is 4. The van der Waals surface area contributed by atoms with Crippen LogP contribution in [-0.2, 0) is 24.2 Å². The van der Waals surface area contributed by atoms with E-state index >= 15 is 0 Å². The maximum atomic E-state index is 12.2. The van der Waals surface area contributed by atoms with Gasteiger partial charge >= 0.3 is 0 Å². The Kier molecular flexibility index (Phi) is 4.75. The van der Waals surface area contributed by atoms with Crippen LogP contribution in [0, 0.1) is 0 Å². The molecule has 1 aliphatic carbocycles. The molecule has 134 valence electrons. The molecule has 1 amide bonds. The molecule has 25 heavy (non-hydrogen) atoms. The molecule has 0 aromatic heterocycles. The molecule has 4 rings (SSSR count). The number of nitrogens with one attached hydrogen (secondary N) is 1. The van der Waals surface area contributed by atoms with Crippen molar-refractivity contribution in [2.75, 3.05) is 13.1 Å². The minimum atomic E-state index is -0.295. The molecule has 3 N–H and O–H groups in total. The second-order valence-electron chi connectivity index (χ2n) is 7.62. The molecule has 1 aromatic rings. The Morgan fingerprint density at radius 2 is 1.96 bits per heavy atom. The molecule has 0 spiro atoms. The summed E-state index contributed by atoms with van der Waals surface area (Å²) in [5.74, 6) is 0.591. The topological polar surface area (TPSA) is 70.7 Å². The van der Waals surface area contributed by atoms with Crippen LogP contribution in [0.1, 0.15) is 48.8 Å². The van der Waals surface area contributed by atoms with Crippen LogP contribution >= 0.6 is 0 Å². The normalized spacial score (nSPS) is 24.2. The van der Waals surface area contributed by atoms with Crippen LogP contribution in [0.4, 0.5) is 0 Å². The van der Waals surface area contributed by atoms with Crippen molar-refractivity contribution in [3.05, 3.63) is 34.9 Å². The second kappa shape index (κ2) is 7.16. The van der Waals surface area contributed by atoms with Crippen molar-refractivity contribution in [1.82, 2.24) is 10.2 Å². The van der Waals surface area contributed by atoms with Crippen LogP contribution in [0.5, 0.6) is 0 Å². The Morgan fingerprint density at radius 1 is 1.16 bits per heavy atom. The highest BCUT2D eigenvalue weighted by atomic mass is 16.2. The molecule has 2 aliphatic heterocycles. The van der Waals surface area contributed by atoms with Gasteiger partial charge in [-0.15, -0.1) is 0 Å². The van der Waals surface area contributed by atoms with Crippen molar-refractivity contribution in [1.29, 1.82) is 0 Å². The summed E-state index contributed by atoms with van der Waals surface area (Å²) < 4.78 is 0. The first kappa shape index (κ1) is 16.6. The number of nitrogens with two attached hydrogens (primary N) is 1. The highest BCUT2D eigenvalue weighted by Gasteiger charge is 2.26. The van der Waals surface area contributed by atoms with E-state index in [0.717, 1.165) is 31.7 Å². The molecular weight excluding hydrogens is 312 g/mol. The number of benzene rings is 1. The van der Waals surface area contributed by atoms with E-state index < -0.39 is 0 Å². The Morgan fingerprint density at radius 3 is 2.64 bits per heavy atom. The van der Waals surface area contributed by atoms with Gasteiger partial charge in [0.1, 0.15) is 6.04 Å². The Labute approximate surface area is 149 Å². The van der Waals surface area contributed by atoms with Crippen molar-refractivity contribution < 1.29 is 4.79 Å². The SMILES string of the molecule is NC1=NC(C(=O)NCc2ccc3c(c2)CCN(C2CCC2)CC3)CC1. The number of hydrogen-bond acceptors (Lipinski definition) is 4. The fourth-order valence-corrected chi connectivity index (χ4v) is 4.13. The number of carbonyl (C=O) groups is 1. The quantitative estimate of drug-likeness (QED) is 0.878. The Balaban J connectivity index is 1.35. The molecule has 0 saturated heterocycles. The Bertz CT molecular complexity index is 680. The van der Waals surface area contributed by atoms with E-state index in [1.807, 2.05) is 0 Å². The molecule has 5 nitrogen and oxygen atoms in total. The van der Waals surface area contributed by atoms with Gasteiger partial charge in [0.2, 0.25) is 5.91 Å².